The number of ether oxygens (including phenoxy) is 4. The van der Waals surface area contributed by atoms with Crippen molar-refractivity contribution in [1.82, 2.24) is 20.2 Å². The van der Waals surface area contributed by atoms with Crippen molar-refractivity contribution in [1.29, 1.82) is 0 Å². The molecule has 0 amide bonds. The van der Waals surface area contributed by atoms with E-state index < -0.39 is 18.2 Å². The first-order valence-corrected chi connectivity index (χ1v) is 6.74. The van der Waals surface area contributed by atoms with Crippen LogP contribution < -0.4 is 0 Å². The molecule has 112 valence electrons. The fourth-order valence-electron chi connectivity index (χ4n) is 2.53. The highest BCUT2D eigenvalue weighted by Gasteiger charge is 2.57. The first-order valence-electron chi connectivity index (χ1n) is 6.74. The Bertz CT molecular complexity index is 490. The molecule has 0 radical (unpaired) electrons. The monoisotopic (exact) mass is 284 g/mol. The van der Waals surface area contributed by atoms with E-state index in [9.17, 15) is 0 Å². The molecule has 4 unspecified atom stereocenters. The van der Waals surface area contributed by atoms with Crippen molar-refractivity contribution in [3.63, 3.8) is 0 Å². The van der Waals surface area contributed by atoms with Crippen LogP contribution in [0.15, 0.2) is 0 Å². The van der Waals surface area contributed by atoms with Crippen LogP contribution in [0.4, 0.5) is 0 Å². The third-order valence-electron chi connectivity index (χ3n) is 3.40. The Hall–Kier alpha value is -1.09. The molecule has 2 aliphatic heterocycles. The molecule has 0 N–H and O–H groups in total. The summed E-state index contributed by atoms with van der Waals surface area (Å²) in [6, 6.07) is 0.142. The predicted octanol–water partition coefficient (Wildman–Crippen LogP) is 0.818. The van der Waals surface area contributed by atoms with Gasteiger partial charge in [0.15, 0.2) is 18.2 Å². The van der Waals surface area contributed by atoms with Gasteiger partial charge in [-0.1, -0.05) is 0 Å². The maximum absolute atomic E-state index is 5.90. The summed E-state index contributed by atoms with van der Waals surface area (Å²) in [5, 5.41) is 12.4. The molecular weight excluding hydrogens is 264 g/mol. The summed E-state index contributed by atoms with van der Waals surface area (Å²) in [7, 11) is 1.58. The van der Waals surface area contributed by atoms with Crippen LogP contribution in [0.3, 0.4) is 0 Å². The Morgan fingerprint density at radius 1 is 1.25 bits per heavy atom. The molecule has 0 saturated carbocycles. The van der Waals surface area contributed by atoms with Gasteiger partial charge in [-0.3, -0.25) is 0 Å². The highest BCUT2D eigenvalue weighted by Crippen LogP contribution is 2.44. The third kappa shape index (κ3) is 2.22. The van der Waals surface area contributed by atoms with Crippen LogP contribution in [0, 0.1) is 0 Å². The smallest absolute Gasteiger partial charge is 0.206 e. The molecule has 8 heteroatoms. The van der Waals surface area contributed by atoms with Crippen molar-refractivity contribution in [2.24, 2.45) is 0 Å². The largest absolute Gasteiger partial charge is 0.353 e. The van der Waals surface area contributed by atoms with Crippen molar-refractivity contribution < 1.29 is 18.9 Å². The van der Waals surface area contributed by atoms with Crippen LogP contribution >= 0.6 is 0 Å². The Morgan fingerprint density at radius 2 is 1.95 bits per heavy atom. The van der Waals surface area contributed by atoms with E-state index in [4.69, 9.17) is 18.9 Å². The van der Waals surface area contributed by atoms with E-state index in [1.807, 2.05) is 27.7 Å². The second-order valence-corrected chi connectivity index (χ2v) is 5.79. The minimum atomic E-state index is -0.664. The van der Waals surface area contributed by atoms with Crippen LogP contribution in [0.5, 0.6) is 0 Å². The van der Waals surface area contributed by atoms with Gasteiger partial charge in [0.25, 0.3) is 0 Å². The number of rotatable bonds is 3. The number of nitrogens with zero attached hydrogens (tertiary/aromatic N) is 4. The third-order valence-corrected chi connectivity index (χ3v) is 3.40. The molecule has 2 aliphatic rings. The summed E-state index contributed by atoms with van der Waals surface area (Å²) in [5.41, 5.74) is 0. The van der Waals surface area contributed by atoms with Crippen LogP contribution in [-0.2, 0) is 18.9 Å². The van der Waals surface area contributed by atoms with Gasteiger partial charge < -0.3 is 18.9 Å². The molecule has 1 aromatic heterocycles. The SMILES string of the molecule is COC1OC(c2nnn(C(C)C)n2)C2OC(C)(C)OC12. The van der Waals surface area contributed by atoms with E-state index in [0.29, 0.717) is 5.82 Å². The standard InChI is InChI=1S/C12H20N4O4/c1-6(2)16-14-10(13-15-16)8-7-9(11(17-5)18-8)20-12(3,4)19-7/h6-9,11H,1-5H3. The second kappa shape index (κ2) is 4.73. The van der Waals surface area contributed by atoms with Crippen molar-refractivity contribution in [2.45, 2.75) is 64.1 Å². The summed E-state index contributed by atoms with van der Waals surface area (Å²) in [5.74, 6) is -0.170. The fourth-order valence-corrected chi connectivity index (χ4v) is 2.53. The lowest BCUT2D eigenvalue weighted by Gasteiger charge is -2.22. The van der Waals surface area contributed by atoms with Crippen molar-refractivity contribution in [3.8, 4) is 0 Å². The van der Waals surface area contributed by atoms with E-state index in [2.05, 4.69) is 15.4 Å². The van der Waals surface area contributed by atoms with Crippen molar-refractivity contribution >= 4 is 0 Å². The van der Waals surface area contributed by atoms with Gasteiger partial charge in [-0.05, 0) is 32.9 Å². The Balaban J connectivity index is 1.86. The molecule has 0 aromatic carbocycles. The number of methoxy groups -OCH3 is 1. The lowest BCUT2D eigenvalue weighted by Crippen LogP contribution is -2.30. The van der Waals surface area contributed by atoms with Gasteiger partial charge in [0.1, 0.15) is 12.2 Å². The summed E-state index contributed by atoms with van der Waals surface area (Å²) < 4.78 is 22.8. The molecule has 1 aromatic rings. The number of aromatic nitrogens is 4. The van der Waals surface area contributed by atoms with Crippen LogP contribution in [0.2, 0.25) is 0 Å². The van der Waals surface area contributed by atoms with Gasteiger partial charge in [0, 0.05) is 7.11 Å². The minimum Gasteiger partial charge on any atom is -0.353 e. The molecule has 2 saturated heterocycles. The van der Waals surface area contributed by atoms with E-state index in [0.717, 1.165) is 0 Å². The van der Waals surface area contributed by atoms with Gasteiger partial charge >= 0.3 is 0 Å². The van der Waals surface area contributed by atoms with Crippen molar-refractivity contribution in [2.75, 3.05) is 7.11 Å². The van der Waals surface area contributed by atoms with E-state index in [1.165, 1.54) is 0 Å². The topological polar surface area (TPSA) is 80.5 Å². The summed E-state index contributed by atoms with van der Waals surface area (Å²) in [6.45, 7) is 7.71. The van der Waals surface area contributed by atoms with Crippen molar-refractivity contribution in [3.05, 3.63) is 5.82 Å². The first-order chi connectivity index (χ1) is 9.41. The maximum Gasteiger partial charge on any atom is 0.206 e. The Kier molecular flexibility index (Phi) is 3.28. The predicted molar refractivity (Wildman–Crippen MR) is 66.7 cm³/mol. The van der Waals surface area contributed by atoms with E-state index >= 15 is 0 Å². The minimum absolute atomic E-state index is 0.142. The maximum atomic E-state index is 5.90. The second-order valence-electron chi connectivity index (χ2n) is 5.79. The zero-order chi connectivity index (χ0) is 14.5. The Labute approximate surface area is 117 Å². The normalized spacial score (nSPS) is 35.7. The van der Waals surface area contributed by atoms with Crippen LogP contribution in [0.1, 0.15) is 45.7 Å². The molecule has 3 heterocycles. The molecule has 0 bridgehead atoms. The molecule has 20 heavy (non-hydrogen) atoms. The first kappa shape index (κ1) is 13.9. The number of hydrogen-bond acceptors (Lipinski definition) is 7. The zero-order valence-electron chi connectivity index (χ0n) is 12.3. The molecule has 3 rings (SSSR count). The zero-order valence-corrected chi connectivity index (χ0v) is 12.3. The number of tetrazole rings is 1. The van der Waals surface area contributed by atoms with E-state index in [1.54, 1.807) is 11.9 Å². The molecular formula is C12H20N4O4. The quantitative estimate of drug-likeness (QED) is 0.812. The molecule has 2 fully saturated rings. The highest BCUT2D eigenvalue weighted by molar-refractivity contribution is 5.02. The molecule has 8 nitrogen and oxygen atoms in total. The summed E-state index contributed by atoms with van der Waals surface area (Å²) in [4.78, 5) is 1.55. The number of fused-ring (bicyclic) bond motifs is 1. The van der Waals surface area contributed by atoms with Crippen LogP contribution in [-0.4, -0.2) is 51.6 Å². The summed E-state index contributed by atoms with van der Waals surface area (Å²) >= 11 is 0. The lowest BCUT2D eigenvalue weighted by atomic mass is 10.1. The van der Waals surface area contributed by atoms with Gasteiger partial charge in [-0.25, -0.2) is 0 Å². The van der Waals surface area contributed by atoms with E-state index in [-0.39, 0.29) is 18.2 Å². The summed E-state index contributed by atoms with van der Waals surface area (Å²) in [6.07, 6.45) is -1.50. The Morgan fingerprint density at radius 3 is 2.55 bits per heavy atom. The lowest BCUT2D eigenvalue weighted by molar-refractivity contribution is -0.229. The average Bonchev–Trinajstić information content (AvgIpc) is 3.01. The van der Waals surface area contributed by atoms with Gasteiger partial charge in [0.2, 0.25) is 5.82 Å². The average molecular weight is 284 g/mol. The van der Waals surface area contributed by atoms with Crippen LogP contribution in [0.25, 0.3) is 0 Å². The highest BCUT2D eigenvalue weighted by atomic mass is 16.8. The number of hydrogen-bond donors (Lipinski definition) is 0. The van der Waals surface area contributed by atoms with Gasteiger partial charge in [-0.15, -0.1) is 10.2 Å². The molecule has 0 aliphatic carbocycles. The van der Waals surface area contributed by atoms with Gasteiger partial charge in [0.05, 0.1) is 6.04 Å². The molecule has 0 spiro atoms. The molecule has 4 atom stereocenters. The van der Waals surface area contributed by atoms with Gasteiger partial charge in [-0.2, -0.15) is 4.80 Å². The fraction of sp³-hybridized carbons (Fsp3) is 0.917.